The van der Waals surface area contributed by atoms with Gasteiger partial charge < -0.3 is 15.0 Å². The maximum Gasteiger partial charge on any atom is 0.264 e. The second-order valence-electron chi connectivity index (χ2n) is 7.96. The molecule has 10 heteroatoms. The molecule has 0 aliphatic heterocycles. The molecule has 3 rings (SSSR count). The molecule has 0 bridgehead atoms. The van der Waals surface area contributed by atoms with E-state index in [0.29, 0.717) is 5.75 Å². The SMILES string of the molecule is CNC(=O)[C@@H](C)N(Cc1ccc(OC)cc1)C(=O)CN(c1ccccc1)S(=O)(=O)c1ccc(F)cc1. The Kier molecular flexibility index (Phi) is 8.65. The number of nitrogens with zero attached hydrogens (tertiary/aromatic N) is 2. The average Bonchev–Trinajstić information content (AvgIpc) is 2.90. The average molecular weight is 514 g/mol. The van der Waals surface area contributed by atoms with E-state index in [9.17, 15) is 22.4 Å². The zero-order valence-electron chi connectivity index (χ0n) is 20.2. The third-order valence-electron chi connectivity index (χ3n) is 5.65. The lowest BCUT2D eigenvalue weighted by Crippen LogP contribution is -2.50. The van der Waals surface area contributed by atoms with Gasteiger partial charge in [0.2, 0.25) is 11.8 Å². The molecule has 1 N–H and O–H groups in total. The lowest BCUT2D eigenvalue weighted by Gasteiger charge is -2.31. The molecule has 1 atom stereocenters. The van der Waals surface area contributed by atoms with Gasteiger partial charge in [-0.25, -0.2) is 12.8 Å². The van der Waals surface area contributed by atoms with E-state index in [2.05, 4.69) is 5.32 Å². The monoisotopic (exact) mass is 513 g/mol. The molecule has 0 fully saturated rings. The minimum Gasteiger partial charge on any atom is -0.497 e. The number of hydrogen-bond acceptors (Lipinski definition) is 5. The van der Waals surface area contributed by atoms with Gasteiger partial charge in [-0.1, -0.05) is 30.3 Å². The second-order valence-corrected chi connectivity index (χ2v) is 9.82. The highest BCUT2D eigenvalue weighted by atomic mass is 32.2. The van der Waals surface area contributed by atoms with Gasteiger partial charge in [0.15, 0.2) is 0 Å². The maximum absolute atomic E-state index is 13.6. The number of ether oxygens (including phenoxy) is 1. The van der Waals surface area contributed by atoms with Crippen molar-refractivity contribution in [3.05, 3.63) is 90.2 Å². The van der Waals surface area contributed by atoms with Crippen LogP contribution in [0.15, 0.2) is 83.8 Å². The van der Waals surface area contributed by atoms with Gasteiger partial charge in [-0.3, -0.25) is 13.9 Å². The van der Waals surface area contributed by atoms with Gasteiger partial charge in [-0.2, -0.15) is 0 Å². The van der Waals surface area contributed by atoms with Crippen LogP contribution in [0.5, 0.6) is 5.75 Å². The number of amides is 2. The van der Waals surface area contributed by atoms with Gasteiger partial charge >= 0.3 is 0 Å². The van der Waals surface area contributed by atoms with Gasteiger partial charge in [0.25, 0.3) is 10.0 Å². The first kappa shape index (κ1) is 26.7. The summed E-state index contributed by atoms with van der Waals surface area (Å²) >= 11 is 0. The Morgan fingerprint density at radius 1 is 0.972 bits per heavy atom. The van der Waals surface area contributed by atoms with Crippen LogP contribution in [0.4, 0.5) is 10.1 Å². The van der Waals surface area contributed by atoms with Crippen LogP contribution in [-0.2, 0) is 26.2 Å². The summed E-state index contributed by atoms with van der Waals surface area (Å²) in [5, 5.41) is 2.53. The number of likely N-dealkylation sites (N-methyl/N-ethyl adjacent to an activating group) is 1. The fourth-order valence-electron chi connectivity index (χ4n) is 3.58. The quantitative estimate of drug-likeness (QED) is 0.449. The number of sulfonamides is 1. The normalized spacial score (nSPS) is 11.9. The van der Waals surface area contributed by atoms with Crippen molar-refractivity contribution in [1.29, 1.82) is 0 Å². The summed E-state index contributed by atoms with van der Waals surface area (Å²) in [5.41, 5.74) is 0.986. The summed E-state index contributed by atoms with van der Waals surface area (Å²) in [5.74, 6) is -0.932. The molecule has 0 radical (unpaired) electrons. The number of methoxy groups -OCH3 is 1. The zero-order chi connectivity index (χ0) is 26.3. The molecular formula is C26H28FN3O5S. The van der Waals surface area contributed by atoms with Crippen molar-refractivity contribution in [3.8, 4) is 5.75 Å². The van der Waals surface area contributed by atoms with Crippen molar-refractivity contribution in [3.63, 3.8) is 0 Å². The smallest absolute Gasteiger partial charge is 0.264 e. The Hall–Kier alpha value is -3.92. The maximum atomic E-state index is 13.6. The number of para-hydroxylation sites is 1. The molecule has 8 nitrogen and oxygen atoms in total. The van der Waals surface area contributed by atoms with Crippen LogP contribution in [0.2, 0.25) is 0 Å². The number of nitrogens with one attached hydrogen (secondary N) is 1. The molecule has 0 saturated carbocycles. The Labute approximate surface area is 210 Å². The van der Waals surface area contributed by atoms with E-state index >= 15 is 0 Å². The first-order valence-electron chi connectivity index (χ1n) is 11.1. The molecule has 2 amide bonds. The minimum absolute atomic E-state index is 0.0661. The molecule has 3 aromatic carbocycles. The Morgan fingerprint density at radius 2 is 1.58 bits per heavy atom. The number of anilines is 1. The molecule has 190 valence electrons. The minimum atomic E-state index is -4.23. The van der Waals surface area contributed by atoms with E-state index in [1.54, 1.807) is 61.5 Å². The molecule has 0 spiro atoms. The van der Waals surface area contributed by atoms with Crippen molar-refractivity contribution in [2.75, 3.05) is 25.0 Å². The van der Waals surface area contributed by atoms with Crippen molar-refractivity contribution < 1.29 is 27.1 Å². The summed E-state index contributed by atoms with van der Waals surface area (Å²) < 4.78 is 46.6. The summed E-state index contributed by atoms with van der Waals surface area (Å²) in [4.78, 5) is 27.2. The van der Waals surface area contributed by atoms with Gasteiger partial charge in [-0.15, -0.1) is 0 Å². The summed E-state index contributed by atoms with van der Waals surface area (Å²) in [7, 11) is -1.23. The molecule has 0 aliphatic carbocycles. The van der Waals surface area contributed by atoms with Crippen molar-refractivity contribution in [2.45, 2.75) is 24.4 Å². The molecule has 36 heavy (non-hydrogen) atoms. The Balaban J connectivity index is 1.98. The molecular weight excluding hydrogens is 485 g/mol. The van der Waals surface area contributed by atoms with Crippen LogP contribution in [0, 0.1) is 5.82 Å². The third kappa shape index (κ3) is 6.19. The standard InChI is InChI=1S/C26H28FN3O5S/c1-19(26(32)28-2)29(17-20-9-13-23(35-3)14-10-20)25(31)18-30(22-7-5-4-6-8-22)36(33,34)24-15-11-21(27)12-16-24/h4-16,19H,17-18H2,1-3H3,(H,28,32)/t19-/m1/s1. The van der Waals surface area contributed by atoms with Crippen LogP contribution < -0.4 is 14.4 Å². The van der Waals surface area contributed by atoms with E-state index in [-0.39, 0.29) is 17.1 Å². The van der Waals surface area contributed by atoms with Crippen molar-refractivity contribution in [1.82, 2.24) is 10.2 Å². The third-order valence-corrected chi connectivity index (χ3v) is 7.44. The van der Waals surface area contributed by atoms with E-state index in [0.717, 1.165) is 34.1 Å². The van der Waals surface area contributed by atoms with E-state index in [1.165, 1.54) is 19.1 Å². The van der Waals surface area contributed by atoms with Crippen LogP contribution in [0.3, 0.4) is 0 Å². The lowest BCUT2D eigenvalue weighted by atomic mass is 10.1. The topological polar surface area (TPSA) is 96.0 Å². The predicted octanol–water partition coefficient (Wildman–Crippen LogP) is 3.19. The molecule has 0 heterocycles. The highest BCUT2D eigenvalue weighted by Crippen LogP contribution is 2.24. The van der Waals surface area contributed by atoms with E-state index in [4.69, 9.17) is 4.74 Å². The highest BCUT2D eigenvalue weighted by molar-refractivity contribution is 7.92. The fourth-order valence-corrected chi connectivity index (χ4v) is 4.99. The Morgan fingerprint density at radius 3 is 2.14 bits per heavy atom. The largest absolute Gasteiger partial charge is 0.497 e. The summed E-state index contributed by atoms with van der Waals surface area (Å²) in [6.07, 6.45) is 0. The molecule has 0 saturated heterocycles. The first-order valence-corrected chi connectivity index (χ1v) is 12.6. The van der Waals surface area contributed by atoms with Crippen LogP contribution >= 0.6 is 0 Å². The number of hydrogen-bond donors (Lipinski definition) is 1. The van der Waals surface area contributed by atoms with Gasteiger partial charge in [0.05, 0.1) is 17.7 Å². The first-order chi connectivity index (χ1) is 17.2. The molecule has 0 aliphatic rings. The number of carbonyl (C=O) groups is 2. The number of carbonyl (C=O) groups excluding carboxylic acids is 2. The van der Waals surface area contributed by atoms with Gasteiger partial charge in [0, 0.05) is 13.6 Å². The molecule has 0 unspecified atom stereocenters. The Bertz CT molecular complexity index is 1280. The summed E-state index contributed by atoms with van der Waals surface area (Å²) in [6.45, 7) is 1.07. The predicted molar refractivity (Wildman–Crippen MR) is 134 cm³/mol. The van der Waals surface area contributed by atoms with E-state index < -0.39 is 40.2 Å². The van der Waals surface area contributed by atoms with Crippen molar-refractivity contribution >= 4 is 27.5 Å². The number of benzene rings is 3. The van der Waals surface area contributed by atoms with Crippen LogP contribution in [0.1, 0.15) is 12.5 Å². The summed E-state index contributed by atoms with van der Waals surface area (Å²) in [6, 6.07) is 18.6. The molecule has 0 aromatic heterocycles. The second kappa shape index (κ2) is 11.7. The number of rotatable bonds is 10. The van der Waals surface area contributed by atoms with Crippen molar-refractivity contribution in [2.24, 2.45) is 0 Å². The van der Waals surface area contributed by atoms with Gasteiger partial charge in [-0.05, 0) is 61.0 Å². The molecule has 3 aromatic rings. The van der Waals surface area contributed by atoms with Crippen LogP contribution in [-0.4, -0.2) is 51.9 Å². The van der Waals surface area contributed by atoms with Gasteiger partial charge in [0.1, 0.15) is 24.2 Å². The zero-order valence-corrected chi connectivity index (χ0v) is 21.0. The number of halogens is 1. The lowest BCUT2D eigenvalue weighted by molar-refractivity contribution is -0.139. The fraction of sp³-hybridized carbons (Fsp3) is 0.231. The highest BCUT2D eigenvalue weighted by Gasteiger charge is 2.32. The van der Waals surface area contributed by atoms with Crippen LogP contribution in [0.25, 0.3) is 0 Å². The van der Waals surface area contributed by atoms with E-state index in [1.807, 2.05) is 0 Å².